The Bertz CT molecular complexity index is 616. The first-order chi connectivity index (χ1) is 10.5. The van der Waals surface area contributed by atoms with E-state index in [1.54, 1.807) is 16.7 Å². The van der Waals surface area contributed by atoms with Gasteiger partial charge >= 0.3 is 5.97 Å². The monoisotopic (exact) mass is 319 g/mol. The van der Waals surface area contributed by atoms with Crippen molar-refractivity contribution in [2.75, 3.05) is 18.8 Å². The van der Waals surface area contributed by atoms with Crippen LogP contribution in [-0.4, -0.2) is 40.7 Å². The van der Waals surface area contributed by atoms with Crippen molar-refractivity contribution in [3.05, 3.63) is 29.8 Å². The van der Waals surface area contributed by atoms with Gasteiger partial charge in [0.15, 0.2) is 0 Å². The zero-order chi connectivity index (χ0) is 15.9. The number of carbonyl (C=O) groups excluding carboxylic acids is 1. The highest BCUT2D eigenvalue weighted by molar-refractivity contribution is 7.99. The number of carboxylic acids is 1. The van der Waals surface area contributed by atoms with Gasteiger partial charge in [-0.05, 0) is 24.0 Å². The van der Waals surface area contributed by atoms with E-state index in [4.69, 9.17) is 0 Å². The van der Waals surface area contributed by atoms with Crippen LogP contribution in [0.15, 0.2) is 29.2 Å². The normalized spacial score (nSPS) is 27.2. The fourth-order valence-electron chi connectivity index (χ4n) is 3.50. The van der Waals surface area contributed by atoms with Crippen LogP contribution in [0.25, 0.3) is 0 Å². The van der Waals surface area contributed by atoms with E-state index in [2.05, 4.69) is 0 Å². The average Bonchev–Trinajstić information content (AvgIpc) is 3.12. The molecule has 0 spiro atoms. The summed E-state index contributed by atoms with van der Waals surface area (Å²) in [6.45, 7) is 4.75. The predicted molar refractivity (Wildman–Crippen MR) is 86.0 cm³/mol. The third-order valence-electron chi connectivity index (χ3n) is 5.14. The number of likely N-dealkylation sites (tertiary alicyclic amines) is 1. The molecular formula is C17H21NO3S. The van der Waals surface area contributed by atoms with Gasteiger partial charge in [0.2, 0.25) is 5.91 Å². The Balaban J connectivity index is 1.80. The van der Waals surface area contributed by atoms with Crippen molar-refractivity contribution in [3.63, 3.8) is 0 Å². The molecule has 5 heteroatoms. The van der Waals surface area contributed by atoms with Crippen molar-refractivity contribution in [1.82, 2.24) is 4.90 Å². The van der Waals surface area contributed by atoms with E-state index in [-0.39, 0.29) is 17.7 Å². The smallest absolute Gasteiger partial charge is 0.311 e. The molecule has 0 aromatic heterocycles. The molecule has 2 aliphatic rings. The second-order valence-electron chi connectivity index (χ2n) is 6.53. The zero-order valence-electron chi connectivity index (χ0n) is 12.9. The lowest BCUT2D eigenvalue weighted by Gasteiger charge is -2.29. The van der Waals surface area contributed by atoms with Gasteiger partial charge in [0, 0.05) is 23.7 Å². The number of hydrogen-bond donors (Lipinski definition) is 1. The van der Waals surface area contributed by atoms with Crippen LogP contribution in [0, 0.1) is 11.3 Å². The van der Waals surface area contributed by atoms with Gasteiger partial charge in [0.05, 0.1) is 11.3 Å². The molecule has 1 amide bonds. The van der Waals surface area contributed by atoms with Gasteiger partial charge in [-0.25, -0.2) is 0 Å². The van der Waals surface area contributed by atoms with E-state index in [9.17, 15) is 14.7 Å². The summed E-state index contributed by atoms with van der Waals surface area (Å²) in [5.41, 5.74) is 0.302. The summed E-state index contributed by atoms with van der Waals surface area (Å²) >= 11 is 1.71. The number of aliphatic carboxylic acids is 1. The van der Waals surface area contributed by atoms with Crippen LogP contribution < -0.4 is 0 Å². The van der Waals surface area contributed by atoms with Gasteiger partial charge in [-0.1, -0.05) is 32.0 Å². The molecule has 1 aromatic carbocycles. The van der Waals surface area contributed by atoms with Crippen LogP contribution in [0.4, 0.5) is 0 Å². The molecule has 1 saturated heterocycles. The Morgan fingerprint density at radius 3 is 2.73 bits per heavy atom. The highest BCUT2D eigenvalue weighted by Gasteiger charge is 2.49. The van der Waals surface area contributed by atoms with Crippen molar-refractivity contribution in [1.29, 1.82) is 0 Å². The maximum Gasteiger partial charge on any atom is 0.311 e. The number of thioether (sulfide) groups is 1. The highest BCUT2D eigenvalue weighted by atomic mass is 32.2. The molecule has 2 atom stereocenters. The number of rotatable bonds is 3. The third-order valence-corrected chi connectivity index (χ3v) is 6.32. The number of nitrogens with zero attached hydrogens (tertiary/aromatic N) is 1. The second kappa shape index (κ2) is 5.61. The minimum Gasteiger partial charge on any atom is -0.481 e. The van der Waals surface area contributed by atoms with E-state index in [1.807, 2.05) is 38.1 Å². The molecule has 0 saturated carbocycles. The first-order valence-corrected chi connectivity index (χ1v) is 8.68. The summed E-state index contributed by atoms with van der Waals surface area (Å²) in [5.74, 6) is -0.0395. The Labute approximate surface area is 134 Å². The van der Waals surface area contributed by atoms with Crippen LogP contribution in [0.5, 0.6) is 0 Å². The van der Waals surface area contributed by atoms with Crippen molar-refractivity contribution in [2.45, 2.75) is 31.1 Å². The molecule has 0 bridgehead atoms. The van der Waals surface area contributed by atoms with E-state index < -0.39 is 11.4 Å². The molecule has 3 rings (SSSR count). The largest absolute Gasteiger partial charge is 0.481 e. The van der Waals surface area contributed by atoms with Crippen LogP contribution in [-0.2, 0) is 9.59 Å². The summed E-state index contributed by atoms with van der Waals surface area (Å²) in [6.07, 6.45) is 0.549. The second-order valence-corrected chi connectivity index (χ2v) is 7.59. The summed E-state index contributed by atoms with van der Waals surface area (Å²) in [7, 11) is 0. The molecule has 0 aliphatic carbocycles. The molecule has 1 aromatic rings. The maximum absolute atomic E-state index is 12.9. The topological polar surface area (TPSA) is 57.6 Å². The fraction of sp³-hybridized carbons (Fsp3) is 0.529. The lowest BCUT2D eigenvalue weighted by atomic mass is 9.76. The van der Waals surface area contributed by atoms with E-state index in [0.717, 1.165) is 11.3 Å². The summed E-state index contributed by atoms with van der Waals surface area (Å²) in [4.78, 5) is 27.5. The minimum atomic E-state index is -0.791. The van der Waals surface area contributed by atoms with Crippen molar-refractivity contribution in [2.24, 2.45) is 11.3 Å². The standard InChI is InChI=1S/C17H21NO3S/c1-11(2)17(16(20)21)7-8-18(10-17)15(19)13-9-22-14-6-4-3-5-12(13)14/h3-6,11,13H,7-10H2,1-2H3,(H,20,21). The molecule has 22 heavy (non-hydrogen) atoms. The predicted octanol–water partition coefficient (Wildman–Crippen LogP) is 2.84. The van der Waals surface area contributed by atoms with Crippen molar-refractivity contribution in [3.8, 4) is 0 Å². The van der Waals surface area contributed by atoms with Gasteiger partial charge in [-0.3, -0.25) is 9.59 Å². The maximum atomic E-state index is 12.9. The minimum absolute atomic E-state index is 0.0213. The van der Waals surface area contributed by atoms with Gasteiger partial charge < -0.3 is 10.0 Å². The molecule has 118 valence electrons. The lowest BCUT2D eigenvalue weighted by molar-refractivity contribution is -0.151. The molecule has 1 fully saturated rings. The van der Waals surface area contributed by atoms with Crippen molar-refractivity contribution >= 4 is 23.6 Å². The van der Waals surface area contributed by atoms with Crippen LogP contribution in [0.2, 0.25) is 0 Å². The zero-order valence-corrected chi connectivity index (χ0v) is 13.7. The number of fused-ring (bicyclic) bond motifs is 1. The summed E-state index contributed by atoms with van der Waals surface area (Å²) < 4.78 is 0. The first kappa shape index (κ1) is 15.4. The number of benzene rings is 1. The number of hydrogen-bond acceptors (Lipinski definition) is 3. The Hall–Kier alpha value is -1.49. The van der Waals surface area contributed by atoms with Gasteiger partial charge in [-0.2, -0.15) is 0 Å². The third kappa shape index (κ3) is 2.32. The summed E-state index contributed by atoms with van der Waals surface area (Å²) in [6, 6.07) is 8.02. The molecule has 2 unspecified atom stereocenters. The van der Waals surface area contributed by atoms with E-state index in [0.29, 0.717) is 19.5 Å². The number of carboxylic acid groups (broad SMARTS) is 1. The van der Waals surface area contributed by atoms with E-state index in [1.165, 1.54) is 4.90 Å². The molecule has 0 radical (unpaired) electrons. The molecule has 4 nitrogen and oxygen atoms in total. The van der Waals surface area contributed by atoms with Gasteiger partial charge in [-0.15, -0.1) is 11.8 Å². The molecule has 2 aliphatic heterocycles. The Kier molecular flexibility index (Phi) is 3.93. The molecular weight excluding hydrogens is 298 g/mol. The van der Waals surface area contributed by atoms with Crippen molar-refractivity contribution < 1.29 is 14.7 Å². The summed E-state index contributed by atoms with van der Waals surface area (Å²) in [5, 5.41) is 9.61. The van der Waals surface area contributed by atoms with Crippen LogP contribution in [0.3, 0.4) is 0 Å². The Morgan fingerprint density at radius 2 is 2.09 bits per heavy atom. The lowest BCUT2D eigenvalue weighted by Crippen LogP contribution is -2.41. The number of carbonyl (C=O) groups is 2. The van der Waals surface area contributed by atoms with Crippen LogP contribution >= 0.6 is 11.8 Å². The number of amides is 1. The SMILES string of the molecule is CC(C)C1(C(=O)O)CCN(C(=O)C2CSc3ccccc32)C1. The van der Waals surface area contributed by atoms with Gasteiger partial charge in [0.25, 0.3) is 0 Å². The van der Waals surface area contributed by atoms with Gasteiger partial charge in [0.1, 0.15) is 0 Å². The molecule has 2 heterocycles. The van der Waals surface area contributed by atoms with E-state index >= 15 is 0 Å². The fourth-order valence-corrected chi connectivity index (χ4v) is 4.72. The highest BCUT2D eigenvalue weighted by Crippen LogP contribution is 2.43. The molecule has 1 N–H and O–H groups in total. The quantitative estimate of drug-likeness (QED) is 0.931. The first-order valence-electron chi connectivity index (χ1n) is 7.69. The Morgan fingerprint density at radius 1 is 1.36 bits per heavy atom. The average molecular weight is 319 g/mol. The van der Waals surface area contributed by atoms with Crippen LogP contribution in [0.1, 0.15) is 31.7 Å².